The van der Waals surface area contributed by atoms with Crippen LogP contribution in [-0.2, 0) is 14.8 Å². The summed E-state index contributed by atoms with van der Waals surface area (Å²) in [5.41, 5.74) is 4.50. The number of hydrogen-bond donors (Lipinski definition) is 2. The molecule has 1 heterocycles. The van der Waals surface area contributed by atoms with E-state index in [0.717, 1.165) is 25.7 Å². The van der Waals surface area contributed by atoms with Crippen molar-refractivity contribution < 1.29 is 18.3 Å². The van der Waals surface area contributed by atoms with Crippen LogP contribution in [0.1, 0.15) is 44.9 Å². The summed E-state index contributed by atoms with van der Waals surface area (Å²) >= 11 is 0. The van der Waals surface area contributed by atoms with E-state index >= 15 is 0 Å². The zero-order valence-corrected chi connectivity index (χ0v) is 12.6. The maximum atomic E-state index is 12.4. The Bertz CT molecular complexity index is 449. The van der Waals surface area contributed by atoms with Gasteiger partial charge in [0.2, 0.25) is 10.0 Å². The van der Waals surface area contributed by atoms with Crippen molar-refractivity contribution in [3.63, 3.8) is 0 Å². The van der Waals surface area contributed by atoms with Gasteiger partial charge in [0.25, 0.3) is 0 Å². The minimum absolute atomic E-state index is 0.187. The predicted molar refractivity (Wildman–Crippen MR) is 75.7 cm³/mol. The normalized spacial score (nSPS) is 25.4. The number of aliphatic carboxylic acids is 1. The Morgan fingerprint density at radius 2 is 1.75 bits per heavy atom. The van der Waals surface area contributed by atoms with Gasteiger partial charge in [-0.1, -0.05) is 19.3 Å². The molecule has 0 radical (unpaired) electrons. The topological polar surface area (TPSA) is 101 Å². The maximum absolute atomic E-state index is 12.4. The zero-order valence-electron chi connectivity index (χ0n) is 11.8. The summed E-state index contributed by atoms with van der Waals surface area (Å²) in [5.74, 6) is -0.572. The lowest BCUT2D eigenvalue weighted by atomic mass is 9.90. The molecule has 1 saturated heterocycles. The van der Waals surface area contributed by atoms with Crippen LogP contribution in [0.25, 0.3) is 0 Å². The molecule has 6 nitrogen and oxygen atoms in total. The van der Waals surface area contributed by atoms with E-state index in [-0.39, 0.29) is 37.6 Å². The number of carboxylic acids is 1. The van der Waals surface area contributed by atoms with E-state index in [1.54, 1.807) is 0 Å². The van der Waals surface area contributed by atoms with Crippen molar-refractivity contribution in [2.45, 2.75) is 50.5 Å². The molecule has 116 valence electrons. The van der Waals surface area contributed by atoms with E-state index in [1.807, 2.05) is 0 Å². The molecule has 0 aromatic heterocycles. The standard InChI is InChI=1S/C13H24N2O4S/c14-13(12(16)17)6-8-15(9-7-13)20(18,19)10-11-4-2-1-3-5-11/h11H,1-10,14H2,(H,16,17). The van der Waals surface area contributed by atoms with Crippen molar-refractivity contribution in [1.29, 1.82) is 0 Å². The van der Waals surface area contributed by atoms with Gasteiger partial charge in [-0.15, -0.1) is 0 Å². The Balaban J connectivity index is 1.93. The van der Waals surface area contributed by atoms with Gasteiger partial charge in [-0.25, -0.2) is 12.7 Å². The Morgan fingerprint density at radius 1 is 1.20 bits per heavy atom. The molecular formula is C13H24N2O4S. The molecule has 1 aliphatic heterocycles. The first kappa shape index (κ1) is 15.7. The van der Waals surface area contributed by atoms with Crippen LogP contribution in [0.15, 0.2) is 0 Å². The molecule has 0 amide bonds. The lowest BCUT2D eigenvalue weighted by molar-refractivity contribution is -0.144. The lowest BCUT2D eigenvalue weighted by Gasteiger charge is -2.36. The third kappa shape index (κ3) is 3.51. The molecule has 0 aromatic carbocycles. The lowest BCUT2D eigenvalue weighted by Crippen LogP contribution is -2.56. The number of sulfonamides is 1. The van der Waals surface area contributed by atoms with Crippen LogP contribution < -0.4 is 5.73 Å². The van der Waals surface area contributed by atoms with Gasteiger partial charge in [-0.05, 0) is 31.6 Å². The second-order valence-corrected chi connectivity index (χ2v) is 8.16. The van der Waals surface area contributed by atoms with Crippen molar-refractivity contribution in [2.24, 2.45) is 11.7 Å². The number of rotatable bonds is 4. The quantitative estimate of drug-likeness (QED) is 0.799. The monoisotopic (exact) mass is 304 g/mol. The van der Waals surface area contributed by atoms with Gasteiger partial charge < -0.3 is 10.8 Å². The van der Waals surface area contributed by atoms with E-state index in [4.69, 9.17) is 10.8 Å². The maximum Gasteiger partial charge on any atom is 0.323 e. The van der Waals surface area contributed by atoms with Gasteiger partial charge in [0.15, 0.2) is 0 Å². The predicted octanol–water partition coefficient (Wildman–Crippen LogP) is 0.774. The van der Waals surface area contributed by atoms with Crippen LogP contribution in [-0.4, -0.2) is 48.2 Å². The molecule has 0 unspecified atom stereocenters. The van der Waals surface area contributed by atoms with Gasteiger partial charge in [0.1, 0.15) is 5.54 Å². The minimum atomic E-state index is -3.27. The summed E-state index contributed by atoms with van der Waals surface area (Å²) in [6, 6.07) is 0. The number of carboxylic acid groups (broad SMARTS) is 1. The first-order valence-electron chi connectivity index (χ1n) is 7.34. The number of hydrogen-bond acceptors (Lipinski definition) is 4. The smallest absolute Gasteiger partial charge is 0.323 e. The van der Waals surface area contributed by atoms with Gasteiger partial charge >= 0.3 is 5.97 Å². The molecule has 3 N–H and O–H groups in total. The Labute approximate surface area is 120 Å². The Morgan fingerprint density at radius 3 is 2.25 bits per heavy atom. The molecule has 0 aromatic rings. The molecule has 7 heteroatoms. The average molecular weight is 304 g/mol. The van der Waals surface area contributed by atoms with E-state index in [0.29, 0.717) is 0 Å². The number of nitrogens with two attached hydrogens (primary N) is 1. The fourth-order valence-electron chi connectivity index (χ4n) is 3.13. The Hall–Kier alpha value is -0.660. The third-order valence-electron chi connectivity index (χ3n) is 4.61. The van der Waals surface area contributed by atoms with Gasteiger partial charge in [0, 0.05) is 13.1 Å². The van der Waals surface area contributed by atoms with Crippen molar-refractivity contribution in [1.82, 2.24) is 4.31 Å². The summed E-state index contributed by atoms with van der Waals surface area (Å²) in [6.45, 7) is 0.440. The van der Waals surface area contributed by atoms with Crippen LogP contribution in [0.2, 0.25) is 0 Å². The summed E-state index contributed by atoms with van der Waals surface area (Å²) in [4.78, 5) is 11.1. The largest absolute Gasteiger partial charge is 0.480 e. The molecule has 2 aliphatic rings. The van der Waals surface area contributed by atoms with E-state index < -0.39 is 21.5 Å². The summed E-state index contributed by atoms with van der Waals surface area (Å²) in [6.07, 6.45) is 5.79. The second kappa shape index (κ2) is 5.99. The number of piperidine rings is 1. The number of nitrogens with zero attached hydrogens (tertiary/aromatic N) is 1. The molecule has 0 bridgehead atoms. The highest BCUT2D eigenvalue weighted by atomic mass is 32.2. The van der Waals surface area contributed by atoms with Crippen LogP contribution in [0.5, 0.6) is 0 Å². The second-order valence-electron chi connectivity index (χ2n) is 6.14. The molecule has 2 rings (SSSR count). The highest BCUT2D eigenvalue weighted by Gasteiger charge is 2.41. The molecule has 1 aliphatic carbocycles. The number of carbonyl (C=O) groups is 1. The molecule has 2 fully saturated rings. The minimum Gasteiger partial charge on any atom is -0.480 e. The third-order valence-corrected chi connectivity index (χ3v) is 6.65. The van der Waals surface area contributed by atoms with Gasteiger partial charge in [-0.2, -0.15) is 0 Å². The SMILES string of the molecule is NC1(C(=O)O)CCN(S(=O)(=O)CC2CCCCC2)CC1. The molecule has 20 heavy (non-hydrogen) atoms. The average Bonchev–Trinajstić information content (AvgIpc) is 2.39. The van der Waals surface area contributed by atoms with Crippen LogP contribution in [0.4, 0.5) is 0 Å². The van der Waals surface area contributed by atoms with Crippen LogP contribution >= 0.6 is 0 Å². The van der Waals surface area contributed by atoms with Gasteiger partial charge in [0.05, 0.1) is 5.75 Å². The zero-order chi connectivity index (χ0) is 14.8. The van der Waals surface area contributed by atoms with Crippen LogP contribution in [0.3, 0.4) is 0 Å². The van der Waals surface area contributed by atoms with Crippen molar-refractivity contribution in [3.05, 3.63) is 0 Å². The fourth-order valence-corrected chi connectivity index (χ4v) is 5.01. The molecule has 0 atom stereocenters. The van der Waals surface area contributed by atoms with Crippen molar-refractivity contribution in [3.8, 4) is 0 Å². The van der Waals surface area contributed by atoms with E-state index in [1.165, 1.54) is 10.7 Å². The Kier molecular flexibility index (Phi) is 4.71. The first-order valence-corrected chi connectivity index (χ1v) is 8.94. The highest BCUT2D eigenvalue weighted by molar-refractivity contribution is 7.89. The fraction of sp³-hybridized carbons (Fsp3) is 0.923. The molecular weight excluding hydrogens is 280 g/mol. The van der Waals surface area contributed by atoms with Gasteiger partial charge in [-0.3, -0.25) is 4.79 Å². The van der Waals surface area contributed by atoms with Crippen molar-refractivity contribution >= 4 is 16.0 Å². The first-order chi connectivity index (χ1) is 9.33. The van der Waals surface area contributed by atoms with Crippen molar-refractivity contribution in [2.75, 3.05) is 18.8 Å². The summed E-state index contributed by atoms with van der Waals surface area (Å²) < 4.78 is 26.2. The van der Waals surface area contributed by atoms with E-state index in [9.17, 15) is 13.2 Å². The van der Waals surface area contributed by atoms with E-state index in [2.05, 4.69) is 0 Å². The summed E-state index contributed by atoms with van der Waals surface area (Å²) in [5, 5.41) is 9.05. The molecule has 1 saturated carbocycles. The highest BCUT2D eigenvalue weighted by Crippen LogP contribution is 2.28. The molecule has 0 spiro atoms. The van der Waals surface area contributed by atoms with Crippen LogP contribution in [0, 0.1) is 5.92 Å². The summed E-state index contributed by atoms with van der Waals surface area (Å²) in [7, 11) is -3.27.